The van der Waals surface area contributed by atoms with E-state index in [1.165, 1.54) is 46.0 Å². The third-order valence-electron chi connectivity index (χ3n) is 5.71. The Labute approximate surface area is 214 Å². The van der Waals surface area contributed by atoms with Crippen molar-refractivity contribution in [3.63, 3.8) is 0 Å². The quantitative estimate of drug-likeness (QED) is 0.377. The molecule has 0 saturated carbocycles. The van der Waals surface area contributed by atoms with Gasteiger partial charge in [0.15, 0.2) is 5.65 Å². The molecule has 0 radical (unpaired) electrons. The topological polar surface area (TPSA) is 119 Å². The van der Waals surface area contributed by atoms with Crippen molar-refractivity contribution in [3.05, 3.63) is 59.6 Å². The molecule has 192 valence electrons. The number of hydrogen-bond donors (Lipinski definition) is 2. The lowest BCUT2D eigenvalue weighted by Gasteiger charge is -2.27. The highest BCUT2D eigenvalue weighted by Crippen LogP contribution is 2.37. The maximum Gasteiger partial charge on any atom is 0.387 e. The number of anilines is 1. The van der Waals surface area contributed by atoms with Crippen LogP contribution in [0.2, 0.25) is 5.02 Å². The van der Waals surface area contributed by atoms with Crippen LogP contribution in [0.1, 0.15) is 10.4 Å². The van der Waals surface area contributed by atoms with Crippen molar-refractivity contribution >= 4 is 34.7 Å². The van der Waals surface area contributed by atoms with Gasteiger partial charge in [0.2, 0.25) is 5.91 Å². The summed E-state index contributed by atoms with van der Waals surface area (Å²) in [5.41, 5.74) is 0.895. The zero-order valence-corrected chi connectivity index (χ0v) is 20.0. The lowest BCUT2D eigenvalue weighted by Crippen LogP contribution is -2.47. The summed E-state index contributed by atoms with van der Waals surface area (Å²) in [6.07, 6.45) is 5.99. The van der Waals surface area contributed by atoms with Crippen LogP contribution in [-0.4, -0.2) is 73.9 Å². The molecule has 0 unspecified atom stereocenters. The zero-order chi connectivity index (χ0) is 25.9. The van der Waals surface area contributed by atoms with Crippen molar-refractivity contribution in [3.8, 4) is 17.0 Å². The number of carbonyl (C=O) groups excluding carboxylic acids is 2. The minimum absolute atomic E-state index is 0.101. The molecule has 1 aliphatic rings. The number of alkyl halides is 2. The van der Waals surface area contributed by atoms with Gasteiger partial charge in [-0.25, -0.2) is 9.50 Å². The number of piperazine rings is 1. The fraction of sp³-hybridized carbons (Fsp3) is 0.261. The van der Waals surface area contributed by atoms with Crippen LogP contribution < -0.4 is 15.4 Å². The Balaban J connectivity index is 1.51. The summed E-state index contributed by atoms with van der Waals surface area (Å²) in [6, 6.07) is 5.76. The maximum atomic E-state index is 13.2. The average molecular weight is 531 g/mol. The molecular formula is C23H21ClF2N8O3. The molecule has 14 heteroatoms. The SMILES string of the molecule is O=C(Nc1cn(CC(=O)N2CCNCC2)nc1-c1cc(Cl)ccc1OC(F)F)c1cnn2cccnc12. The first-order valence-corrected chi connectivity index (χ1v) is 11.7. The first-order valence-electron chi connectivity index (χ1n) is 11.3. The second-order valence-electron chi connectivity index (χ2n) is 8.14. The van der Waals surface area contributed by atoms with E-state index in [4.69, 9.17) is 11.6 Å². The van der Waals surface area contributed by atoms with Gasteiger partial charge in [-0.3, -0.25) is 14.3 Å². The van der Waals surface area contributed by atoms with Gasteiger partial charge in [-0.05, 0) is 24.3 Å². The highest BCUT2D eigenvalue weighted by Gasteiger charge is 2.24. The molecule has 0 atom stereocenters. The standard InChI is InChI=1S/C23H21ClF2N8O3/c24-14-2-3-18(37-23(25)26)15(10-14)20-17(12-33(31-20)13-19(35)32-8-5-27-6-9-32)30-22(36)16-11-29-34-7-1-4-28-21(16)34/h1-4,7,10-12,23,27H,5-6,8-9,13H2,(H,30,36). The van der Waals surface area contributed by atoms with Gasteiger partial charge in [-0.1, -0.05) is 11.6 Å². The zero-order valence-electron chi connectivity index (χ0n) is 19.3. The van der Waals surface area contributed by atoms with Crippen molar-refractivity contribution < 1.29 is 23.1 Å². The summed E-state index contributed by atoms with van der Waals surface area (Å²) in [4.78, 5) is 31.9. The van der Waals surface area contributed by atoms with Gasteiger partial charge in [-0.2, -0.15) is 19.0 Å². The number of rotatable bonds is 7. The Morgan fingerprint density at radius 1 is 1.24 bits per heavy atom. The Morgan fingerprint density at radius 3 is 2.84 bits per heavy atom. The molecule has 1 fully saturated rings. The third-order valence-corrected chi connectivity index (χ3v) is 5.95. The Kier molecular flexibility index (Phi) is 6.97. The van der Waals surface area contributed by atoms with Crippen LogP contribution in [0.3, 0.4) is 0 Å². The van der Waals surface area contributed by atoms with E-state index in [9.17, 15) is 18.4 Å². The Hall–Kier alpha value is -4.10. The summed E-state index contributed by atoms with van der Waals surface area (Å²) in [7, 11) is 0. The van der Waals surface area contributed by atoms with Crippen molar-refractivity contribution in [2.75, 3.05) is 31.5 Å². The molecule has 0 bridgehead atoms. The van der Waals surface area contributed by atoms with Crippen LogP contribution in [0.25, 0.3) is 16.9 Å². The number of amides is 2. The van der Waals surface area contributed by atoms with Gasteiger partial charge < -0.3 is 20.3 Å². The number of benzene rings is 1. The summed E-state index contributed by atoms with van der Waals surface area (Å²) in [5.74, 6) is -0.914. The van der Waals surface area contributed by atoms with E-state index in [-0.39, 0.29) is 45.7 Å². The third kappa shape index (κ3) is 5.37. The molecule has 3 aromatic heterocycles. The minimum Gasteiger partial charge on any atom is -0.434 e. The van der Waals surface area contributed by atoms with Crippen LogP contribution in [0, 0.1) is 0 Å². The molecule has 2 N–H and O–H groups in total. The summed E-state index contributed by atoms with van der Waals surface area (Å²) in [6.45, 7) is -0.742. The van der Waals surface area contributed by atoms with Crippen LogP contribution in [0.5, 0.6) is 5.75 Å². The van der Waals surface area contributed by atoms with Gasteiger partial charge in [-0.15, -0.1) is 0 Å². The van der Waals surface area contributed by atoms with Gasteiger partial charge in [0.05, 0.1) is 11.9 Å². The van der Waals surface area contributed by atoms with Crippen molar-refractivity contribution in [1.29, 1.82) is 0 Å². The van der Waals surface area contributed by atoms with Crippen LogP contribution in [0.4, 0.5) is 14.5 Å². The molecule has 0 aliphatic carbocycles. The number of fused-ring (bicyclic) bond motifs is 1. The number of halogens is 3. The molecule has 0 spiro atoms. The summed E-state index contributed by atoms with van der Waals surface area (Å²) >= 11 is 6.15. The molecule has 1 aromatic carbocycles. The molecular weight excluding hydrogens is 510 g/mol. The predicted octanol–water partition coefficient (Wildman–Crippen LogP) is 2.53. The highest BCUT2D eigenvalue weighted by atomic mass is 35.5. The van der Waals surface area contributed by atoms with E-state index in [0.717, 1.165) is 0 Å². The number of nitrogens with zero attached hydrogens (tertiary/aromatic N) is 6. The Bertz CT molecular complexity index is 1450. The maximum absolute atomic E-state index is 13.2. The highest BCUT2D eigenvalue weighted by molar-refractivity contribution is 6.31. The molecule has 5 rings (SSSR count). The monoisotopic (exact) mass is 530 g/mol. The molecule has 2 amide bonds. The van der Waals surface area contributed by atoms with Crippen molar-refractivity contribution in [2.24, 2.45) is 0 Å². The summed E-state index contributed by atoms with van der Waals surface area (Å²) in [5, 5.41) is 14.7. The first-order chi connectivity index (χ1) is 17.9. The predicted molar refractivity (Wildman–Crippen MR) is 130 cm³/mol. The van der Waals surface area contributed by atoms with E-state index in [1.807, 2.05) is 0 Å². The van der Waals surface area contributed by atoms with E-state index in [0.29, 0.717) is 31.8 Å². The second kappa shape index (κ2) is 10.5. The molecule has 1 aliphatic heterocycles. The molecule has 4 aromatic rings. The molecule has 11 nitrogen and oxygen atoms in total. The van der Waals surface area contributed by atoms with Crippen molar-refractivity contribution in [1.82, 2.24) is 34.6 Å². The normalized spacial score (nSPS) is 13.8. The van der Waals surface area contributed by atoms with E-state index < -0.39 is 12.5 Å². The van der Waals surface area contributed by atoms with Crippen molar-refractivity contribution in [2.45, 2.75) is 13.2 Å². The summed E-state index contributed by atoms with van der Waals surface area (Å²) < 4.78 is 33.7. The molecule has 4 heterocycles. The first kappa shape index (κ1) is 24.6. The molecule has 37 heavy (non-hydrogen) atoms. The van der Waals surface area contributed by atoms with Gasteiger partial charge in [0.1, 0.15) is 23.6 Å². The lowest BCUT2D eigenvalue weighted by atomic mass is 10.1. The number of carbonyl (C=O) groups is 2. The van der Waals surface area contributed by atoms with Gasteiger partial charge >= 0.3 is 6.61 Å². The fourth-order valence-electron chi connectivity index (χ4n) is 4.01. The number of aromatic nitrogens is 5. The van der Waals surface area contributed by atoms with Crippen LogP contribution in [-0.2, 0) is 11.3 Å². The number of ether oxygens (including phenoxy) is 1. The second-order valence-corrected chi connectivity index (χ2v) is 8.58. The lowest BCUT2D eigenvalue weighted by molar-refractivity contribution is -0.132. The van der Waals surface area contributed by atoms with E-state index >= 15 is 0 Å². The van der Waals surface area contributed by atoms with E-state index in [2.05, 4.69) is 30.6 Å². The van der Waals surface area contributed by atoms with Gasteiger partial charge in [0, 0.05) is 55.4 Å². The largest absolute Gasteiger partial charge is 0.434 e. The fourth-order valence-corrected chi connectivity index (χ4v) is 4.18. The van der Waals surface area contributed by atoms with E-state index in [1.54, 1.807) is 17.2 Å². The van der Waals surface area contributed by atoms with Gasteiger partial charge in [0.25, 0.3) is 5.91 Å². The van der Waals surface area contributed by atoms with Crippen LogP contribution in [0.15, 0.2) is 49.1 Å². The average Bonchev–Trinajstić information content (AvgIpc) is 3.49. The molecule has 1 saturated heterocycles. The number of nitrogens with one attached hydrogen (secondary N) is 2. The minimum atomic E-state index is -3.10. The van der Waals surface area contributed by atoms with Crippen LogP contribution >= 0.6 is 11.6 Å². The smallest absolute Gasteiger partial charge is 0.387 e. The Morgan fingerprint density at radius 2 is 2.05 bits per heavy atom. The number of hydrogen-bond acceptors (Lipinski definition) is 7.